The fourth-order valence-corrected chi connectivity index (χ4v) is 0.722. The summed E-state index contributed by atoms with van der Waals surface area (Å²) in [5, 5.41) is 5.74. The predicted octanol–water partition coefficient (Wildman–Crippen LogP) is 0.142. The van der Waals surface area contributed by atoms with Gasteiger partial charge in [0.1, 0.15) is 11.6 Å². The summed E-state index contributed by atoms with van der Waals surface area (Å²) in [4.78, 5) is 7.83. The van der Waals surface area contributed by atoms with Gasteiger partial charge >= 0.3 is 0 Å². The first-order valence-corrected chi connectivity index (χ1v) is 3.26. The molecule has 0 aliphatic carbocycles. The van der Waals surface area contributed by atoms with Crippen molar-refractivity contribution in [3.63, 3.8) is 0 Å². The Kier molecular flexibility index (Phi) is 2.10. The Balaban J connectivity index is 3.02. The van der Waals surface area contributed by atoms with Crippen LogP contribution in [0.3, 0.4) is 0 Å². The van der Waals surface area contributed by atoms with Crippen molar-refractivity contribution < 1.29 is 0 Å². The van der Waals surface area contributed by atoms with Crippen molar-refractivity contribution in [3.05, 3.63) is 6.07 Å². The van der Waals surface area contributed by atoms with Gasteiger partial charge in [0.05, 0.1) is 0 Å². The SMILES string of the molecule is CNc1cc(NC)nc(N)n1. The van der Waals surface area contributed by atoms with Crippen LogP contribution in [0, 0.1) is 0 Å². The smallest absolute Gasteiger partial charge is 0.223 e. The van der Waals surface area contributed by atoms with Crippen LogP contribution in [-0.2, 0) is 0 Å². The Morgan fingerprint density at radius 3 is 2.00 bits per heavy atom. The van der Waals surface area contributed by atoms with Crippen molar-refractivity contribution in [2.75, 3.05) is 30.5 Å². The van der Waals surface area contributed by atoms with E-state index in [0.717, 1.165) is 0 Å². The molecule has 0 saturated carbocycles. The highest BCUT2D eigenvalue weighted by Crippen LogP contribution is 2.10. The first kappa shape index (κ1) is 7.59. The van der Waals surface area contributed by atoms with Crippen molar-refractivity contribution >= 4 is 17.6 Å². The average molecular weight is 153 g/mol. The zero-order chi connectivity index (χ0) is 8.27. The summed E-state index contributed by atoms with van der Waals surface area (Å²) < 4.78 is 0. The highest BCUT2D eigenvalue weighted by atomic mass is 15.1. The first-order chi connectivity index (χ1) is 5.26. The fraction of sp³-hybridized carbons (Fsp3) is 0.333. The van der Waals surface area contributed by atoms with E-state index in [-0.39, 0.29) is 5.95 Å². The van der Waals surface area contributed by atoms with E-state index in [0.29, 0.717) is 11.6 Å². The second-order valence-corrected chi connectivity index (χ2v) is 2.00. The summed E-state index contributed by atoms with van der Waals surface area (Å²) in [5.74, 6) is 1.69. The van der Waals surface area contributed by atoms with Crippen LogP contribution < -0.4 is 16.4 Å². The standard InChI is InChI=1S/C6H11N5/c1-8-4-3-5(9-2)11-6(7)10-4/h3H,1-2H3,(H4,7,8,9,10,11). The van der Waals surface area contributed by atoms with Crippen molar-refractivity contribution in [3.8, 4) is 0 Å². The Hall–Kier alpha value is -1.52. The van der Waals surface area contributed by atoms with Gasteiger partial charge in [0.15, 0.2) is 0 Å². The van der Waals surface area contributed by atoms with Crippen LogP contribution in [0.25, 0.3) is 0 Å². The molecule has 0 unspecified atom stereocenters. The topological polar surface area (TPSA) is 75.9 Å². The molecule has 0 fully saturated rings. The summed E-state index contributed by atoms with van der Waals surface area (Å²) >= 11 is 0. The minimum Gasteiger partial charge on any atom is -0.373 e. The molecule has 0 atom stereocenters. The van der Waals surface area contributed by atoms with Gasteiger partial charge in [-0.1, -0.05) is 0 Å². The maximum absolute atomic E-state index is 5.41. The van der Waals surface area contributed by atoms with Gasteiger partial charge in [0, 0.05) is 20.2 Å². The molecule has 60 valence electrons. The van der Waals surface area contributed by atoms with E-state index >= 15 is 0 Å². The number of rotatable bonds is 2. The van der Waals surface area contributed by atoms with Crippen LogP contribution >= 0.6 is 0 Å². The van der Waals surface area contributed by atoms with Gasteiger partial charge in [-0.05, 0) is 0 Å². The molecule has 5 heteroatoms. The quantitative estimate of drug-likeness (QED) is 0.563. The van der Waals surface area contributed by atoms with Gasteiger partial charge in [-0.3, -0.25) is 0 Å². The Morgan fingerprint density at radius 1 is 1.18 bits per heavy atom. The highest BCUT2D eigenvalue weighted by molar-refractivity contribution is 5.50. The third-order valence-corrected chi connectivity index (χ3v) is 1.26. The number of nitrogens with one attached hydrogen (secondary N) is 2. The maximum atomic E-state index is 5.41. The molecule has 1 heterocycles. The van der Waals surface area contributed by atoms with E-state index in [2.05, 4.69) is 20.6 Å². The first-order valence-electron chi connectivity index (χ1n) is 3.26. The molecule has 1 aromatic heterocycles. The molecule has 0 aliphatic rings. The normalized spacial score (nSPS) is 9.27. The zero-order valence-corrected chi connectivity index (χ0v) is 6.55. The van der Waals surface area contributed by atoms with Crippen molar-refractivity contribution in [2.45, 2.75) is 0 Å². The third kappa shape index (κ3) is 1.70. The van der Waals surface area contributed by atoms with E-state index in [1.54, 1.807) is 20.2 Å². The molecule has 0 aromatic carbocycles. The molecular weight excluding hydrogens is 142 g/mol. The molecule has 1 aromatic rings. The van der Waals surface area contributed by atoms with Crippen LogP contribution in [0.1, 0.15) is 0 Å². The fourth-order valence-electron chi connectivity index (χ4n) is 0.722. The molecule has 0 saturated heterocycles. The molecule has 4 N–H and O–H groups in total. The average Bonchev–Trinajstić information content (AvgIpc) is 2.03. The number of nitrogen functional groups attached to an aromatic ring is 1. The number of nitrogens with zero attached hydrogens (tertiary/aromatic N) is 2. The largest absolute Gasteiger partial charge is 0.373 e. The number of anilines is 3. The number of hydrogen-bond acceptors (Lipinski definition) is 5. The number of nitrogens with two attached hydrogens (primary N) is 1. The lowest BCUT2D eigenvalue weighted by molar-refractivity contribution is 1.17. The third-order valence-electron chi connectivity index (χ3n) is 1.26. The zero-order valence-electron chi connectivity index (χ0n) is 6.55. The monoisotopic (exact) mass is 153 g/mol. The summed E-state index contributed by atoms with van der Waals surface area (Å²) in [6, 6.07) is 1.77. The molecule has 11 heavy (non-hydrogen) atoms. The molecule has 0 spiro atoms. The number of hydrogen-bond donors (Lipinski definition) is 3. The maximum Gasteiger partial charge on any atom is 0.223 e. The minimum atomic E-state index is 0.265. The van der Waals surface area contributed by atoms with Crippen molar-refractivity contribution in [2.24, 2.45) is 0 Å². The Labute approximate surface area is 65.0 Å². The lowest BCUT2D eigenvalue weighted by atomic mass is 10.5. The summed E-state index contributed by atoms with van der Waals surface area (Å²) in [6.07, 6.45) is 0. The van der Waals surface area contributed by atoms with Crippen LogP contribution in [-0.4, -0.2) is 24.1 Å². The van der Waals surface area contributed by atoms with Gasteiger partial charge in [0.25, 0.3) is 0 Å². The van der Waals surface area contributed by atoms with Gasteiger partial charge in [-0.2, -0.15) is 9.97 Å². The van der Waals surface area contributed by atoms with Crippen molar-refractivity contribution in [1.29, 1.82) is 0 Å². The van der Waals surface area contributed by atoms with Crippen LogP contribution in [0.15, 0.2) is 6.07 Å². The molecule has 0 amide bonds. The van der Waals surface area contributed by atoms with Crippen LogP contribution in [0.2, 0.25) is 0 Å². The molecule has 1 rings (SSSR count). The Morgan fingerprint density at radius 2 is 1.64 bits per heavy atom. The minimum absolute atomic E-state index is 0.265. The van der Waals surface area contributed by atoms with E-state index in [4.69, 9.17) is 5.73 Å². The van der Waals surface area contributed by atoms with Crippen LogP contribution in [0.5, 0.6) is 0 Å². The molecular formula is C6H11N5. The number of aromatic nitrogens is 2. The van der Waals surface area contributed by atoms with E-state index in [1.807, 2.05) is 0 Å². The van der Waals surface area contributed by atoms with Crippen LogP contribution in [0.4, 0.5) is 17.6 Å². The van der Waals surface area contributed by atoms with Gasteiger partial charge in [-0.25, -0.2) is 0 Å². The second kappa shape index (κ2) is 3.05. The second-order valence-electron chi connectivity index (χ2n) is 2.00. The lowest BCUT2D eigenvalue weighted by Gasteiger charge is -2.03. The van der Waals surface area contributed by atoms with E-state index in [1.165, 1.54) is 0 Å². The lowest BCUT2D eigenvalue weighted by Crippen LogP contribution is -2.02. The molecule has 0 aliphatic heterocycles. The van der Waals surface area contributed by atoms with Gasteiger partial charge in [0.2, 0.25) is 5.95 Å². The molecule has 0 bridgehead atoms. The highest BCUT2D eigenvalue weighted by Gasteiger charge is 1.97. The van der Waals surface area contributed by atoms with E-state index in [9.17, 15) is 0 Å². The molecule has 0 radical (unpaired) electrons. The summed E-state index contributed by atoms with van der Waals surface area (Å²) in [7, 11) is 3.56. The van der Waals surface area contributed by atoms with Gasteiger partial charge in [-0.15, -0.1) is 0 Å². The molecule has 5 nitrogen and oxygen atoms in total. The van der Waals surface area contributed by atoms with E-state index < -0.39 is 0 Å². The Bertz CT molecular complexity index is 224. The van der Waals surface area contributed by atoms with Crippen molar-refractivity contribution in [1.82, 2.24) is 9.97 Å². The van der Waals surface area contributed by atoms with Gasteiger partial charge < -0.3 is 16.4 Å². The summed E-state index contributed by atoms with van der Waals surface area (Å²) in [5.41, 5.74) is 5.41. The predicted molar refractivity (Wildman–Crippen MR) is 45.5 cm³/mol. The summed E-state index contributed by atoms with van der Waals surface area (Å²) in [6.45, 7) is 0.